The molecule has 0 radical (unpaired) electrons. The molecule has 0 spiro atoms. The predicted octanol–water partition coefficient (Wildman–Crippen LogP) is 0.849. The zero-order valence-corrected chi connectivity index (χ0v) is 9.70. The van der Waals surface area contributed by atoms with E-state index in [2.05, 4.69) is 15.5 Å². The van der Waals surface area contributed by atoms with Crippen molar-refractivity contribution in [3.05, 3.63) is 34.5 Å². The molecule has 0 atom stereocenters. The topological polar surface area (TPSA) is 59.8 Å². The maximum absolute atomic E-state index is 11.6. The Hall–Kier alpha value is -1.69. The minimum absolute atomic E-state index is 0.0304. The van der Waals surface area contributed by atoms with E-state index in [9.17, 15) is 4.79 Å². The van der Waals surface area contributed by atoms with Crippen molar-refractivity contribution in [3.8, 4) is 0 Å². The molecule has 0 saturated carbocycles. The summed E-state index contributed by atoms with van der Waals surface area (Å²) in [5.41, 5.74) is 0. The normalized spacial score (nSPS) is 10.3. The van der Waals surface area contributed by atoms with Crippen LogP contribution in [0, 0.1) is 0 Å². The Labute approximate surface area is 97.1 Å². The standard InChI is InChI=1S/C10H12N4OS/c1-14-7-12-13-9(14)4-5-11-10(15)8-3-2-6-16-8/h2-3,6-7H,4-5H2,1H3,(H,11,15). The third-order valence-corrected chi connectivity index (χ3v) is 3.05. The maximum atomic E-state index is 11.6. The van der Waals surface area contributed by atoms with E-state index in [1.807, 2.05) is 29.1 Å². The van der Waals surface area contributed by atoms with E-state index in [1.165, 1.54) is 11.3 Å². The lowest BCUT2D eigenvalue weighted by Crippen LogP contribution is -2.25. The summed E-state index contributed by atoms with van der Waals surface area (Å²) in [6.07, 6.45) is 2.34. The number of nitrogens with zero attached hydrogens (tertiary/aromatic N) is 3. The highest BCUT2D eigenvalue weighted by Gasteiger charge is 2.06. The third kappa shape index (κ3) is 2.46. The Balaban J connectivity index is 1.81. The second-order valence-electron chi connectivity index (χ2n) is 3.34. The van der Waals surface area contributed by atoms with Gasteiger partial charge >= 0.3 is 0 Å². The van der Waals surface area contributed by atoms with Gasteiger partial charge in [0, 0.05) is 20.0 Å². The van der Waals surface area contributed by atoms with Crippen LogP contribution in [0.5, 0.6) is 0 Å². The summed E-state index contributed by atoms with van der Waals surface area (Å²) in [6, 6.07) is 3.67. The molecule has 0 aliphatic carbocycles. The summed E-state index contributed by atoms with van der Waals surface area (Å²) < 4.78 is 1.84. The Morgan fingerprint density at radius 2 is 2.50 bits per heavy atom. The molecule has 84 valence electrons. The highest BCUT2D eigenvalue weighted by atomic mass is 32.1. The minimum Gasteiger partial charge on any atom is -0.351 e. The van der Waals surface area contributed by atoms with Gasteiger partial charge in [-0.25, -0.2) is 0 Å². The molecule has 2 rings (SSSR count). The van der Waals surface area contributed by atoms with Gasteiger partial charge in [0.2, 0.25) is 0 Å². The van der Waals surface area contributed by atoms with Crippen LogP contribution in [0.1, 0.15) is 15.5 Å². The SMILES string of the molecule is Cn1cnnc1CCNC(=O)c1cccs1. The van der Waals surface area contributed by atoms with E-state index < -0.39 is 0 Å². The Bertz CT molecular complexity index is 463. The molecule has 0 unspecified atom stereocenters. The van der Waals surface area contributed by atoms with Crippen LogP contribution in [0.15, 0.2) is 23.8 Å². The number of amides is 1. The molecule has 0 aliphatic rings. The van der Waals surface area contributed by atoms with E-state index in [4.69, 9.17) is 0 Å². The predicted molar refractivity (Wildman–Crippen MR) is 61.4 cm³/mol. The van der Waals surface area contributed by atoms with Gasteiger partial charge < -0.3 is 9.88 Å². The number of aromatic nitrogens is 3. The molecule has 0 bridgehead atoms. The Kier molecular flexibility index (Phi) is 3.31. The number of carbonyl (C=O) groups excluding carboxylic acids is 1. The summed E-state index contributed by atoms with van der Waals surface area (Å²) in [7, 11) is 1.89. The molecule has 0 aliphatic heterocycles. The van der Waals surface area contributed by atoms with E-state index in [-0.39, 0.29) is 5.91 Å². The average Bonchev–Trinajstić information content (AvgIpc) is 2.90. The first-order chi connectivity index (χ1) is 7.77. The molecule has 2 aromatic heterocycles. The summed E-state index contributed by atoms with van der Waals surface area (Å²) in [4.78, 5) is 12.3. The van der Waals surface area contributed by atoms with E-state index in [1.54, 1.807) is 6.33 Å². The van der Waals surface area contributed by atoms with Crippen molar-refractivity contribution in [2.75, 3.05) is 6.54 Å². The van der Waals surface area contributed by atoms with Crippen molar-refractivity contribution in [3.63, 3.8) is 0 Å². The molecule has 0 aromatic carbocycles. The lowest BCUT2D eigenvalue weighted by Gasteiger charge is -2.02. The molecule has 0 saturated heterocycles. The van der Waals surface area contributed by atoms with Gasteiger partial charge in [-0.1, -0.05) is 6.07 Å². The van der Waals surface area contributed by atoms with E-state index in [0.717, 1.165) is 10.7 Å². The lowest BCUT2D eigenvalue weighted by molar-refractivity contribution is 0.0958. The fourth-order valence-electron chi connectivity index (χ4n) is 1.32. The second kappa shape index (κ2) is 4.89. The number of carbonyl (C=O) groups is 1. The van der Waals surface area contributed by atoms with Gasteiger partial charge in [-0.3, -0.25) is 4.79 Å². The second-order valence-corrected chi connectivity index (χ2v) is 4.29. The van der Waals surface area contributed by atoms with Crippen LogP contribution in [-0.2, 0) is 13.5 Å². The number of thiophene rings is 1. The maximum Gasteiger partial charge on any atom is 0.261 e. The highest BCUT2D eigenvalue weighted by molar-refractivity contribution is 7.12. The fraction of sp³-hybridized carbons (Fsp3) is 0.300. The summed E-state index contributed by atoms with van der Waals surface area (Å²) >= 11 is 1.44. The third-order valence-electron chi connectivity index (χ3n) is 2.18. The monoisotopic (exact) mass is 236 g/mol. The first-order valence-corrected chi connectivity index (χ1v) is 5.80. The van der Waals surface area contributed by atoms with Crippen molar-refractivity contribution in [1.29, 1.82) is 0 Å². The van der Waals surface area contributed by atoms with Gasteiger partial charge in [0.25, 0.3) is 5.91 Å². The molecule has 2 aromatic rings. The first kappa shape index (κ1) is 10.8. The Morgan fingerprint density at radius 3 is 3.12 bits per heavy atom. The fourth-order valence-corrected chi connectivity index (χ4v) is 1.96. The van der Waals surface area contributed by atoms with Crippen LogP contribution >= 0.6 is 11.3 Å². The molecule has 6 heteroatoms. The molecular weight excluding hydrogens is 224 g/mol. The van der Waals surface area contributed by atoms with Gasteiger partial charge in [0.15, 0.2) is 0 Å². The van der Waals surface area contributed by atoms with Crippen LogP contribution in [0.3, 0.4) is 0 Å². The largest absolute Gasteiger partial charge is 0.351 e. The van der Waals surface area contributed by atoms with Gasteiger partial charge in [0.05, 0.1) is 4.88 Å². The first-order valence-electron chi connectivity index (χ1n) is 4.92. The lowest BCUT2D eigenvalue weighted by atomic mass is 10.3. The van der Waals surface area contributed by atoms with Crippen molar-refractivity contribution >= 4 is 17.2 Å². The molecule has 2 heterocycles. The quantitative estimate of drug-likeness (QED) is 0.856. The zero-order chi connectivity index (χ0) is 11.4. The van der Waals surface area contributed by atoms with Crippen LogP contribution in [0.25, 0.3) is 0 Å². The molecule has 0 fully saturated rings. The minimum atomic E-state index is -0.0304. The van der Waals surface area contributed by atoms with Crippen molar-refractivity contribution < 1.29 is 4.79 Å². The van der Waals surface area contributed by atoms with Gasteiger partial charge in [-0.2, -0.15) is 0 Å². The number of rotatable bonds is 4. The molecule has 5 nitrogen and oxygen atoms in total. The van der Waals surface area contributed by atoms with Gasteiger partial charge in [-0.05, 0) is 11.4 Å². The number of nitrogens with one attached hydrogen (secondary N) is 1. The smallest absolute Gasteiger partial charge is 0.261 e. The van der Waals surface area contributed by atoms with Crippen LogP contribution in [-0.4, -0.2) is 27.2 Å². The highest BCUT2D eigenvalue weighted by Crippen LogP contribution is 2.07. The molecule has 16 heavy (non-hydrogen) atoms. The summed E-state index contributed by atoms with van der Waals surface area (Å²) in [6.45, 7) is 0.573. The number of hydrogen-bond donors (Lipinski definition) is 1. The van der Waals surface area contributed by atoms with Gasteiger partial charge in [-0.15, -0.1) is 21.5 Å². The molecule has 1 N–H and O–H groups in total. The summed E-state index contributed by atoms with van der Waals surface area (Å²) in [5.74, 6) is 0.837. The average molecular weight is 236 g/mol. The number of hydrogen-bond acceptors (Lipinski definition) is 4. The molecule has 1 amide bonds. The Morgan fingerprint density at radius 1 is 1.62 bits per heavy atom. The van der Waals surface area contributed by atoms with E-state index in [0.29, 0.717) is 13.0 Å². The van der Waals surface area contributed by atoms with Crippen molar-refractivity contribution in [2.24, 2.45) is 7.05 Å². The van der Waals surface area contributed by atoms with Crippen molar-refractivity contribution in [1.82, 2.24) is 20.1 Å². The molecular formula is C10H12N4OS. The number of aryl methyl sites for hydroxylation is 1. The van der Waals surface area contributed by atoms with Crippen LogP contribution in [0.2, 0.25) is 0 Å². The van der Waals surface area contributed by atoms with Crippen LogP contribution in [0.4, 0.5) is 0 Å². The van der Waals surface area contributed by atoms with E-state index >= 15 is 0 Å². The van der Waals surface area contributed by atoms with Crippen molar-refractivity contribution in [2.45, 2.75) is 6.42 Å². The summed E-state index contributed by atoms with van der Waals surface area (Å²) in [5, 5.41) is 12.4. The zero-order valence-electron chi connectivity index (χ0n) is 8.88. The van der Waals surface area contributed by atoms with Crippen LogP contribution < -0.4 is 5.32 Å². The van der Waals surface area contributed by atoms with Gasteiger partial charge in [0.1, 0.15) is 12.2 Å².